The van der Waals surface area contributed by atoms with Gasteiger partial charge in [-0.3, -0.25) is 9.97 Å². The molecule has 24 heavy (non-hydrogen) atoms. The molecule has 0 aliphatic carbocycles. The summed E-state index contributed by atoms with van der Waals surface area (Å²) in [6.07, 6.45) is 12.6. The van der Waals surface area contributed by atoms with Gasteiger partial charge in [0.1, 0.15) is 11.4 Å². The van der Waals surface area contributed by atoms with Gasteiger partial charge in [0.15, 0.2) is 11.7 Å². The molecular weight excluding hydrogens is 300 g/mol. The van der Waals surface area contributed by atoms with Crippen LogP contribution in [0.15, 0.2) is 95.1 Å². The highest BCUT2D eigenvalue weighted by Gasteiger charge is 2.06. The molecule has 3 heterocycles. The molecule has 0 fully saturated rings. The monoisotopic (exact) mass is 316 g/mol. The highest BCUT2D eigenvalue weighted by atomic mass is 15.0. The van der Waals surface area contributed by atoms with Gasteiger partial charge in [-0.15, -0.1) is 0 Å². The van der Waals surface area contributed by atoms with Crippen LogP contribution in [0, 0.1) is 0 Å². The van der Waals surface area contributed by atoms with Crippen LogP contribution in [0.2, 0.25) is 0 Å². The van der Waals surface area contributed by atoms with Crippen LogP contribution in [0.1, 0.15) is 11.4 Å². The normalized spacial score (nSPS) is 16.2. The fraction of sp³-hybridized carbons (Fsp3) is 0. The van der Waals surface area contributed by atoms with Crippen LogP contribution < -0.4 is 11.1 Å². The van der Waals surface area contributed by atoms with Crippen molar-refractivity contribution in [3.8, 4) is 0 Å². The molecule has 0 spiro atoms. The lowest BCUT2D eigenvalue weighted by Gasteiger charge is -2.05. The number of nitrogens with zero attached hydrogens (tertiary/aromatic N) is 4. The van der Waals surface area contributed by atoms with E-state index < -0.39 is 0 Å². The van der Waals surface area contributed by atoms with Crippen molar-refractivity contribution < 1.29 is 0 Å². The SMILES string of the molecule is NC(=NC(=NC=C1C=CC=CN1)c1ccccn1)c1ccccn1. The molecule has 1 aliphatic heterocycles. The summed E-state index contributed by atoms with van der Waals surface area (Å²) >= 11 is 0. The second-order valence-electron chi connectivity index (χ2n) is 4.83. The molecule has 2 aromatic heterocycles. The molecule has 0 bridgehead atoms. The molecule has 0 saturated heterocycles. The maximum atomic E-state index is 6.06. The van der Waals surface area contributed by atoms with Crippen LogP contribution in [0.25, 0.3) is 0 Å². The summed E-state index contributed by atoms with van der Waals surface area (Å²) in [5.41, 5.74) is 8.12. The van der Waals surface area contributed by atoms with E-state index >= 15 is 0 Å². The zero-order valence-corrected chi connectivity index (χ0v) is 12.9. The molecule has 0 atom stereocenters. The quantitative estimate of drug-likeness (QED) is 0.671. The number of dihydropyridines is 1. The predicted octanol–water partition coefficient (Wildman–Crippen LogP) is 2.14. The number of amidine groups is 2. The molecule has 0 amide bonds. The van der Waals surface area contributed by atoms with E-state index in [1.54, 1.807) is 24.7 Å². The summed E-state index contributed by atoms with van der Waals surface area (Å²) in [4.78, 5) is 17.3. The largest absolute Gasteiger partial charge is 0.382 e. The second-order valence-corrected chi connectivity index (χ2v) is 4.83. The van der Waals surface area contributed by atoms with Gasteiger partial charge >= 0.3 is 0 Å². The molecule has 0 saturated carbocycles. The summed E-state index contributed by atoms with van der Waals surface area (Å²) in [5, 5.41) is 3.09. The Morgan fingerprint density at radius 1 is 1.00 bits per heavy atom. The molecule has 1 aliphatic rings. The molecule has 118 valence electrons. The maximum Gasteiger partial charge on any atom is 0.180 e. The lowest BCUT2D eigenvalue weighted by atomic mass is 10.3. The zero-order chi connectivity index (χ0) is 16.6. The minimum atomic E-state index is 0.283. The van der Waals surface area contributed by atoms with Crippen LogP contribution in [-0.2, 0) is 0 Å². The summed E-state index contributed by atoms with van der Waals surface area (Å²) < 4.78 is 0. The Labute approximate surface area is 139 Å². The maximum absolute atomic E-state index is 6.06. The Bertz CT molecular complexity index is 832. The van der Waals surface area contributed by atoms with Gasteiger partial charge in [0.25, 0.3) is 0 Å². The van der Waals surface area contributed by atoms with Crippen molar-refractivity contribution in [2.75, 3.05) is 0 Å². The summed E-state index contributed by atoms with van der Waals surface area (Å²) in [7, 11) is 0. The smallest absolute Gasteiger partial charge is 0.180 e. The highest BCUT2D eigenvalue weighted by molar-refractivity contribution is 6.09. The Morgan fingerprint density at radius 2 is 1.75 bits per heavy atom. The van der Waals surface area contributed by atoms with E-state index in [2.05, 4.69) is 25.3 Å². The van der Waals surface area contributed by atoms with Gasteiger partial charge in [-0.1, -0.05) is 18.2 Å². The molecule has 0 unspecified atom stereocenters. The van der Waals surface area contributed by atoms with Crippen LogP contribution in [-0.4, -0.2) is 21.6 Å². The number of aromatic nitrogens is 2. The van der Waals surface area contributed by atoms with Gasteiger partial charge in [0, 0.05) is 18.6 Å². The standard InChI is InChI=1S/C18H16N6/c19-17(15-8-2-5-11-21-15)24-18(16-9-3-6-12-22-16)23-13-14-7-1-4-10-20-14/h1-13,20H,(H2,19,23,24). The topological polar surface area (TPSA) is 88.5 Å². The second kappa shape index (κ2) is 7.64. The van der Waals surface area contributed by atoms with Crippen LogP contribution in [0.5, 0.6) is 0 Å². The molecule has 6 nitrogen and oxygen atoms in total. The lowest BCUT2D eigenvalue weighted by Crippen LogP contribution is -2.18. The number of pyridine rings is 2. The number of hydrogen-bond donors (Lipinski definition) is 2. The fourth-order valence-corrected chi connectivity index (χ4v) is 1.95. The van der Waals surface area contributed by atoms with Gasteiger partial charge in [-0.25, -0.2) is 9.98 Å². The Balaban J connectivity index is 1.97. The first-order chi connectivity index (χ1) is 11.8. The van der Waals surface area contributed by atoms with E-state index in [-0.39, 0.29) is 5.84 Å². The van der Waals surface area contributed by atoms with E-state index in [9.17, 15) is 0 Å². The molecule has 6 heteroatoms. The molecule has 0 radical (unpaired) electrons. The minimum Gasteiger partial charge on any atom is -0.382 e. The van der Waals surface area contributed by atoms with Crippen LogP contribution >= 0.6 is 0 Å². The average Bonchev–Trinajstić information content (AvgIpc) is 2.67. The molecule has 2 aromatic rings. The number of aliphatic imine (C=N–C) groups is 2. The van der Waals surface area contributed by atoms with E-state index in [1.807, 2.05) is 54.8 Å². The first kappa shape index (κ1) is 15.4. The van der Waals surface area contributed by atoms with Crippen molar-refractivity contribution in [1.29, 1.82) is 0 Å². The van der Waals surface area contributed by atoms with Crippen molar-refractivity contribution in [2.24, 2.45) is 15.7 Å². The van der Waals surface area contributed by atoms with E-state index in [0.29, 0.717) is 17.2 Å². The van der Waals surface area contributed by atoms with Crippen LogP contribution in [0.4, 0.5) is 0 Å². The van der Waals surface area contributed by atoms with E-state index in [4.69, 9.17) is 5.73 Å². The van der Waals surface area contributed by atoms with Gasteiger partial charge in [-0.05, 0) is 36.4 Å². The summed E-state index contributed by atoms with van der Waals surface area (Å²) in [6.45, 7) is 0. The number of nitrogens with one attached hydrogen (secondary N) is 1. The van der Waals surface area contributed by atoms with Crippen molar-refractivity contribution in [3.05, 3.63) is 96.5 Å². The summed E-state index contributed by atoms with van der Waals surface area (Å²) in [6, 6.07) is 11.0. The third kappa shape index (κ3) is 4.01. The van der Waals surface area contributed by atoms with Gasteiger partial charge in [0.2, 0.25) is 0 Å². The number of nitrogens with two attached hydrogens (primary N) is 1. The van der Waals surface area contributed by atoms with Crippen molar-refractivity contribution >= 4 is 11.7 Å². The average molecular weight is 316 g/mol. The molecule has 3 rings (SSSR count). The van der Waals surface area contributed by atoms with Gasteiger partial charge in [-0.2, -0.15) is 0 Å². The zero-order valence-electron chi connectivity index (χ0n) is 12.9. The predicted molar refractivity (Wildman–Crippen MR) is 95.2 cm³/mol. The van der Waals surface area contributed by atoms with Crippen LogP contribution in [0.3, 0.4) is 0 Å². The Hall–Kier alpha value is -3.54. The Kier molecular flexibility index (Phi) is 4.89. The first-order valence-corrected chi connectivity index (χ1v) is 7.37. The van der Waals surface area contributed by atoms with Gasteiger partial charge in [0.05, 0.1) is 11.9 Å². The van der Waals surface area contributed by atoms with Gasteiger partial charge < -0.3 is 11.1 Å². The third-order valence-electron chi connectivity index (χ3n) is 3.11. The molecular formula is C18H16N6. The minimum absolute atomic E-state index is 0.283. The number of rotatable bonds is 3. The third-order valence-corrected chi connectivity index (χ3v) is 3.11. The summed E-state index contributed by atoms with van der Waals surface area (Å²) in [5.74, 6) is 0.696. The lowest BCUT2D eigenvalue weighted by molar-refractivity contribution is 1.08. The van der Waals surface area contributed by atoms with Crippen molar-refractivity contribution in [3.63, 3.8) is 0 Å². The molecule has 3 N–H and O–H groups in total. The fourth-order valence-electron chi connectivity index (χ4n) is 1.95. The van der Waals surface area contributed by atoms with E-state index in [1.165, 1.54) is 0 Å². The number of allylic oxidation sites excluding steroid dienone is 3. The van der Waals surface area contributed by atoms with E-state index in [0.717, 1.165) is 5.70 Å². The van der Waals surface area contributed by atoms with Crippen molar-refractivity contribution in [2.45, 2.75) is 0 Å². The first-order valence-electron chi connectivity index (χ1n) is 7.37. The van der Waals surface area contributed by atoms with Crippen molar-refractivity contribution in [1.82, 2.24) is 15.3 Å². The highest BCUT2D eigenvalue weighted by Crippen LogP contribution is 2.04. The number of hydrogen-bond acceptors (Lipinski definition) is 4. The molecule has 0 aromatic carbocycles. The Morgan fingerprint density at radius 3 is 2.38 bits per heavy atom.